The van der Waals surface area contributed by atoms with Crippen molar-refractivity contribution in [2.24, 2.45) is 11.8 Å². The van der Waals surface area contributed by atoms with Crippen LogP contribution in [0.1, 0.15) is 94.3 Å². The summed E-state index contributed by atoms with van der Waals surface area (Å²) in [4.78, 5) is 80.0. The van der Waals surface area contributed by atoms with Crippen LogP contribution in [0.25, 0.3) is 44.7 Å². The minimum absolute atomic E-state index is 0.135. The van der Waals surface area contributed by atoms with Crippen molar-refractivity contribution < 1.29 is 33.4 Å². The van der Waals surface area contributed by atoms with Crippen molar-refractivity contribution in [2.45, 2.75) is 83.6 Å². The molecule has 0 bridgehead atoms. The molecule has 2 saturated heterocycles. The number of imidazole rings is 2. The first kappa shape index (κ1) is 43.1. The Labute approximate surface area is 376 Å². The van der Waals surface area contributed by atoms with E-state index in [1.54, 1.807) is 23.5 Å². The van der Waals surface area contributed by atoms with E-state index >= 15 is 0 Å². The molecule has 2 aromatic carbocycles. The topological polar surface area (TPSA) is 213 Å². The summed E-state index contributed by atoms with van der Waals surface area (Å²) in [5, 5.41) is 6.42. The molecule has 3 aliphatic heterocycles. The Morgan fingerprint density at radius 3 is 1.80 bits per heavy atom. The molecule has 338 valence electrons. The molecule has 2 fully saturated rings. The monoisotopic (exact) mass is 882 g/mol. The molecule has 6 aromatic rings. The van der Waals surface area contributed by atoms with E-state index in [9.17, 15) is 19.2 Å². The molecule has 5 N–H and O–H groups in total. The average molecular weight is 883 g/mol. The van der Waals surface area contributed by atoms with Gasteiger partial charge in [-0.05, 0) is 73.9 Å². The van der Waals surface area contributed by atoms with Gasteiger partial charge < -0.3 is 49.6 Å². The van der Waals surface area contributed by atoms with Crippen LogP contribution >= 0.6 is 0 Å². The second-order valence-electron chi connectivity index (χ2n) is 17.6. The summed E-state index contributed by atoms with van der Waals surface area (Å²) in [5.74, 6) is 1.47. The number of aromatic nitrogens is 6. The number of nitrogens with zero attached hydrogens (tertiary/aromatic N) is 5. The lowest BCUT2D eigenvalue weighted by Crippen LogP contribution is -2.51. The van der Waals surface area contributed by atoms with E-state index in [2.05, 4.69) is 48.8 Å². The van der Waals surface area contributed by atoms with Crippen LogP contribution in [-0.2, 0) is 19.1 Å². The maximum absolute atomic E-state index is 13.8. The van der Waals surface area contributed by atoms with Crippen LogP contribution in [0.4, 0.5) is 9.59 Å². The van der Waals surface area contributed by atoms with E-state index in [0.29, 0.717) is 30.5 Å². The summed E-state index contributed by atoms with van der Waals surface area (Å²) in [5.41, 5.74) is 8.13. The molecule has 0 spiro atoms. The number of likely N-dealkylation sites (tertiary alicyclic amines) is 2. The molecule has 3 aliphatic rings. The Kier molecular flexibility index (Phi) is 11.8. The molecule has 65 heavy (non-hydrogen) atoms. The van der Waals surface area contributed by atoms with Crippen molar-refractivity contribution in [3.63, 3.8) is 0 Å². The Bertz CT molecular complexity index is 2740. The Morgan fingerprint density at radius 1 is 0.723 bits per heavy atom. The number of amides is 4. The fourth-order valence-electron chi connectivity index (χ4n) is 9.51. The number of pyridine rings is 1. The number of hydrogen-bond donors (Lipinski definition) is 5. The first-order valence-corrected chi connectivity index (χ1v) is 22.2. The van der Waals surface area contributed by atoms with Gasteiger partial charge in [-0.15, -0.1) is 0 Å². The molecule has 17 nitrogen and oxygen atoms in total. The highest BCUT2D eigenvalue weighted by molar-refractivity contribution is 5.96. The average Bonchev–Trinajstić information content (AvgIpc) is 4.18. The molecule has 2 unspecified atom stereocenters. The maximum atomic E-state index is 13.8. The number of rotatable bonds is 11. The van der Waals surface area contributed by atoms with E-state index in [4.69, 9.17) is 24.2 Å². The van der Waals surface area contributed by atoms with Crippen LogP contribution < -0.4 is 15.4 Å². The largest absolute Gasteiger partial charge is 0.480 e. The van der Waals surface area contributed by atoms with Crippen molar-refractivity contribution in [3.8, 4) is 39.5 Å². The number of carbonyl (C=O) groups is 4. The molecule has 9 rings (SSSR count). The van der Waals surface area contributed by atoms with Gasteiger partial charge in [0.15, 0.2) is 6.10 Å². The van der Waals surface area contributed by atoms with E-state index in [0.717, 1.165) is 81.5 Å². The van der Waals surface area contributed by atoms with Crippen molar-refractivity contribution in [3.05, 3.63) is 96.1 Å². The number of H-pyrrole nitrogens is 3. The third-order valence-corrected chi connectivity index (χ3v) is 12.9. The van der Waals surface area contributed by atoms with Gasteiger partial charge in [-0.2, -0.15) is 0 Å². The number of hydrogen-bond acceptors (Lipinski definition) is 10. The Morgan fingerprint density at radius 2 is 1.26 bits per heavy atom. The highest BCUT2D eigenvalue weighted by Crippen LogP contribution is 2.49. The van der Waals surface area contributed by atoms with Gasteiger partial charge in [0.2, 0.25) is 11.8 Å². The fraction of sp³-hybridized carbons (Fsp3) is 0.396. The third kappa shape index (κ3) is 8.15. The molecule has 17 heteroatoms. The summed E-state index contributed by atoms with van der Waals surface area (Å²) in [6.07, 6.45) is 8.50. The predicted octanol–water partition coefficient (Wildman–Crippen LogP) is 7.58. The summed E-state index contributed by atoms with van der Waals surface area (Å²) < 4.78 is 16.6. The van der Waals surface area contributed by atoms with Crippen LogP contribution in [0, 0.1) is 11.8 Å². The van der Waals surface area contributed by atoms with Gasteiger partial charge in [0.05, 0.1) is 55.8 Å². The number of benzene rings is 2. The lowest BCUT2D eigenvalue weighted by atomic mass is 9.92. The minimum atomic E-state index is -0.724. The molecule has 7 heterocycles. The molecule has 0 saturated carbocycles. The van der Waals surface area contributed by atoms with Gasteiger partial charge in [0, 0.05) is 64.2 Å². The van der Waals surface area contributed by atoms with Crippen molar-refractivity contribution in [2.75, 3.05) is 27.3 Å². The van der Waals surface area contributed by atoms with Crippen molar-refractivity contribution >= 4 is 34.9 Å². The zero-order valence-electron chi connectivity index (χ0n) is 37.3. The van der Waals surface area contributed by atoms with E-state index < -0.39 is 30.4 Å². The normalized spacial score (nSPS) is 18.9. The van der Waals surface area contributed by atoms with Crippen molar-refractivity contribution in [1.82, 2.24) is 50.3 Å². The SMILES string of the molecule is COC(=O)NC(C(=O)N1CCC[C@H]1c1ncc(-c2ccc3[nH]c4c(c3c2)C(c2ccncc2)Oc2cc(-c3cnc([C@@H]5CCCN5C(=O)[C@@H](NC(=O)OC)C(C)C)[nH]3)ccc2-4)[nH]1)C(C)C. The summed E-state index contributed by atoms with van der Waals surface area (Å²) in [6.45, 7) is 8.72. The number of alkyl carbamates (subject to hydrolysis) is 2. The van der Waals surface area contributed by atoms with Gasteiger partial charge in [-0.3, -0.25) is 14.6 Å². The third-order valence-electron chi connectivity index (χ3n) is 12.9. The lowest BCUT2D eigenvalue weighted by molar-refractivity contribution is -0.136. The summed E-state index contributed by atoms with van der Waals surface area (Å²) in [7, 11) is 2.58. The Hall–Kier alpha value is -7.17. The maximum Gasteiger partial charge on any atom is 0.407 e. The number of aromatic amines is 3. The zero-order valence-corrected chi connectivity index (χ0v) is 37.3. The smallest absolute Gasteiger partial charge is 0.407 e. The van der Waals surface area contributed by atoms with Crippen LogP contribution in [-0.4, -0.2) is 103 Å². The second-order valence-corrected chi connectivity index (χ2v) is 17.6. The number of nitrogens with one attached hydrogen (secondary N) is 5. The first-order valence-electron chi connectivity index (χ1n) is 22.2. The van der Waals surface area contributed by atoms with Gasteiger partial charge in [-0.25, -0.2) is 19.6 Å². The minimum Gasteiger partial charge on any atom is -0.480 e. The number of ether oxygens (including phenoxy) is 3. The number of methoxy groups -OCH3 is 2. The van der Waals surface area contributed by atoms with E-state index in [1.807, 2.05) is 69.1 Å². The molecule has 5 atom stereocenters. The van der Waals surface area contributed by atoms with Gasteiger partial charge in [-0.1, -0.05) is 39.8 Å². The van der Waals surface area contributed by atoms with Crippen LogP contribution in [0.2, 0.25) is 0 Å². The molecule has 0 radical (unpaired) electrons. The van der Waals surface area contributed by atoms with Gasteiger partial charge in [0.1, 0.15) is 29.5 Å². The van der Waals surface area contributed by atoms with Crippen LogP contribution in [0.5, 0.6) is 5.75 Å². The molecule has 0 aliphatic carbocycles. The quantitative estimate of drug-likeness (QED) is 0.0861. The number of carbonyl (C=O) groups excluding carboxylic acids is 4. The number of fused-ring (bicyclic) bond motifs is 5. The molecule has 4 aromatic heterocycles. The molecule has 4 amide bonds. The summed E-state index contributed by atoms with van der Waals surface area (Å²) >= 11 is 0. The zero-order chi connectivity index (χ0) is 45.5. The summed E-state index contributed by atoms with van der Waals surface area (Å²) in [6, 6.07) is 14.3. The highest BCUT2D eigenvalue weighted by atomic mass is 16.5. The lowest BCUT2D eigenvalue weighted by Gasteiger charge is -2.30. The Balaban J connectivity index is 1.01. The first-order chi connectivity index (χ1) is 31.4. The second kappa shape index (κ2) is 17.8. The predicted molar refractivity (Wildman–Crippen MR) is 241 cm³/mol. The highest BCUT2D eigenvalue weighted by Gasteiger charge is 2.39. The van der Waals surface area contributed by atoms with Gasteiger partial charge in [0.25, 0.3) is 0 Å². The molecular weight excluding hydrogens is 829 g/mol. The van der Waals surface area contributed by atoms with Crippen molar-refractivity contribution in [1.29, 1.82) is 0 Å². The fourth-order valence-corrected chi connectivity index (χ4v) is 9.51. The van der Waals surface area contributed by atoms with Crippen LogP contribution in [0.3, 0.4) is 0 Å². The van der Waals surface area contributed by atoms with Gasteiger partial charge >= 0.3 is 12.2 Å². The standard InChI is InChI=1S/C48H54N10O7/c1-25(2)39(55-47(61)63-5)45(59)57-19-7-9-35(57)43-50-23-33(53-43)28-12-14-32-31(21-28)38-41(52-32)30-13-11-29(22-37(30)65-42(38)27-15-17-49-18-16-27)34-24-51-44(54-34)36-10-8-20-58(36)46(60)40(26(3)4)56-48(62)64-6/h11-18,21-26,35-36,39-40,42,52H,7-10,19-20H2,1-6H3,(H,50,53)(H,51,54)(H,55,61)(H,56,62)/t35-,36-,39?,40-,42?/m0/s1. The molecular formula is C48H54N10O7. The van der Waals surface area contributed by atoms with E-state index in [1.165, 1.54) is 14.2 Å². The van der Waals surface area contributed by atoms with E-state index in [-0.39, 0.29) is 35.7 Å². The van der Waals surface area contributed by atoms with Crippen LogP contribution in [0.15, 0.2) is 73.3 Å².